The van der Waals surface area contributed by atoms with E-state index in [4.69, 9.17) is 0 Å². The number of amides is 1. The number of halogens is 3. The molecule has 0 aliphatic carbocycles. The van der Waals surface area contributed by atoms with Gasteiger partial charge >= 0.3 is 6.18 Å². The largest absolute Gasteiger partial charge is 0.416 e. The number of piperazine rings is 1. The highest BCUT2D eigenvalue weighted by Gasteiger charge is 2.33. The second-order valence-electron chi connectivity index (χ2n) is 7.76. The fourth-order valence-corrected chi connectivity index (χ4v) is 4.26. The first-order valence-corrected chi connectivity index (χ1v) is 9.87. The second kappa shape index (κ2) is 7.71. The molecule has 29 heavy (non-hydrogen) atoms. The molecule has 1 saturated heterocycles. The van der Waals surface area contributed by atoms with Crippen molar-refractivity contribution in [2.45, 2.75) is 25.6 Å². The molecule has 0 N–H and O–H groups in total. The molecule has 0 radical (unpaired) electrons. The van der Waals surface area contributed by atoms with Crippen LogP contribution in [-0.4, -0.2) is 49.6 Å². The molecular formula is C22H24F3N3O. The van der Waals surface area contributed by atoms with Crippen LogP contribution >= 0.6 is 0 Å². The number of carbonyl (C=O) groups excluding carboxylic acids is 1. The monoisotopic (exact) mass is 403 g/mol. The summed E-state index contributed by atoms with van der Waals surface area (Å²) in [7, 11) is 0. The van der Waals surface area contributed by atoms with E-state index in [2.05, 4.69) is 17.9 Å². The molecule has 4 rings (SSSR count). The average Bonchev–Trinajstić information content (AvgIpc) is 3.04. The molecule has 0 bridgehead atoms. The van der Waals surface area contributed by atoms with E-state index in [1.165, 1.54) is 17.7 Å². The number of rotatable bonds is 3. The van der Waals surface area contributed by atoms with Gasteiger partial charge in [0.1, 0.15) is 0 Å². The fraction of sp³-hybridized carbons (Fsp3) is 0.409. The van der Waals surface area contributed by atoms with E-state index in [9.17, 15) is 18.0 Å². The zero-order valence-electron chi connectivity index (χ0n) is 16.3. The van der Waals surface area contributed by atoms with Gasteiger partial charge in [-0.1, -0.05) is 24.3 Å². The number of nitrogens with zero attached hydrogens (tertiary/aromatic N) is 3. The van der Waals surface area contributed by atoms with Crippen molar-refractivity contribution < 1.29 is 18.0 Å². The van der Waals surface area contributed by atoms with Gasteiger partial charge in [-0.25, -0.2) is 0 Å². The van der Waals surface area contributed by atoms with E-state index >= 15 is 0 Å². The van der Waals surface area contributed by atoms with Crippen LogP contribution in [0.4, 0.5) is 24.5 Å². The summed E-state index contributed by atoms with van der Waals surface area (Å²) in [6.07, 6.45) is -3.47. The molecule has 4 nitrogen and oxygen atoms in total. The Morgan fingerprint density at radius 2 is 1.76 bits per heavy atom. The van der Waals surface area contributed by atoms with Crippen LogP contribution in [0, 0.1) is 0 Å². The zero-order valence-corrected chi connectivity index (χ0v) is 16.3. The molecule has 154 valence electrons. The summed E-state index contributed by atoms with van der Waals surface area (Å²) in [5.41, 5.74) is 2.14. The molecule has 0 aromatic heterocycles. The predicted molar refractivity (Wildman–Crippen MR) is 107 cm³/mol. The Labute approximate surface area is 168 Å². The van der Waals surface area contributed by atoms with E-state index < -0.39 is 11.7 Å². The van der Waals surface area contributed by atoms with Gasteiger partial charge in [-0.2, -0.15) is 13.2 Å². The van der Waals surface area contributed by atoms with Crippen molar-refractivity contribution in [2.24, 2.45) is 0 Å². The molecule has 1 fully saturated rings. The summed E-state index contributed by atoms with van der Waals surface area (Å²) in [5, 5.41) is 0. The van der Waals surface area contributed by atoms with Gasteiger partial charge in [0.25, 0.3) is 0 Å². The van der Waals surface area contributed by atoms with Crippen molar-refractivity contribution in [1.82, 2.24) is 4.90 Å². The van der Waals surface area contributed by atoms with Gasteiger partial charge in [0.05, 0.1) is 12.1 Å². The number of benzene rings is 2. The highest BCUT2D eigenvalue weighted by Crippen LogP contribution is 2.33. The normalized spacial score (nSPS) is 20.1. The number of hydrogen-bond acceptors (Lipinski definition) is 3. The maximum atomic E-state index is 13.0. The summed E-state index contributed by atoms with van der Waals surface area (Å²) < 4.78 is 38.9. The van der Waals surface area contributed by atoms with E-state index in [1.54, 1.807) is 6.07 Å². The number of anilines is 2. The summed E-state index contributed by atoms with van der Waals surface area (Å²) >= 11 is 0. The highest BCUT2D eigenvalue weighted by molar-refractivity contribution is 5.97. The molecule has 2 aromatic rings. The minimum Gasteiger partial charge on any atom is -0.369 e. The second-order valence-corrected chi connectivity index (χ2v) is 7.76. The molecule has 0 spiro atoms. The Morgan fingerprint density at radius 3 is 2.48 bits per heavy atom. The number of para-hydroxylation sites is 1. The van der Waals surface area contributed by atoms with Gasteiger partial charge in [0, 0.05) is 43.6 Å². The first-order valence-electron chi connectivity index (χ1n) is 9.87. The fourth-order valence-electron chi connectivity index (χ4n) is 4.26. The SMILES string of the molecule is C[C@H]1Cc2ccccc2N1C(=O)CN1CCN(c2cccc(C(F)(F)F)c2)CC1. The summed E-state index contributed by atoms with van der Waals surface area (Å²) in [6, 6.07) is 13.6. The third-order valence-corrected chi connectivity index (χ3v) is 5.75. The van der Waals surface area contributed by atoms with Crippen LogP contribution in [-0.2, 0) is 17.4 Å². The molecule has 0 unspecified atom stereocenters. The third kappa shape index (κ3) is 4.10. The van der Waals surface area contributed by atoms with Gasteiger partial charge in [-0.05, 0) is 43.2 Å². The van der Waals surface area contributed by atoms with Crippen LogP contribution < -0.4 is 9.80 Å². The highest BCUT2D eigenvalue weighted by atomic mass is 19.4. The van der Waals surface area contributed by atoms with Crippen molar-refractivity contribution in [3.63, 3.8) is 0 Å². The standard InChI is InChI=1S/C22H24F3N3O/c1-16-13-17-5-2-3-8-20(17)28(16)21(29)15-26-9-11-27(12-10-26)19-7-4-6-18(14-19)22(23,24)25/h2-8,14,16H,9-13,15H2,1H3/t16-/m0/s1. The van der Waals surface area contributed by atoms with E-state index in [1.807, 2.05) is 28.0 Å². The van der Waals surface area contributed by atoms with Gasteiger partial charge < -0.3 is 9.80 Å². The summed E-state index contributed by atoms with van der Waals surface area (Å²) in [5.74, 6) is 0.0787. The average molecular weight is 403 g/mol. The van der Waals surface area contributed by atoms with Crippen molar-refractivity contribution in [2.75, 3.05) is 42.5 Å². The van der Waals surface area contributed by atoms with Crippen molar-refractivity contribution in [3.8, 4) is 0 Å². The van der Waals surface area contributed by atoms with E-state index in [0.717, 1.165) is 18.2 Å². The third-order valence-electron chi connectivity index (χ3n) is 5.75. The molecule has 2 aliphatic rings. The maximum absolute atomic E-state index is 13.0. The molecule has 1 atom stereocenters. The van der Waals surface area contributed by atoms with Gasteiger partial charge in [0.2, 0.25) is 5.91 Å². The number of hydrogen-bond donors (Lipinski definition) is 0. The van der Waals surface area contributed by atoms with Crippen LogP contribution in [0.2, 0.25) is 0 Å². The minimum absolute atomic E-state index is 0.0787. The van der Waals surface area contributed by atoms with Gasteiger partial charge in [-0.15, -0.1) is 0 Å². The maximum Gasteiger partial charge on any atom is 0.416 e. The lowest BCUT2D eigenvalue weighted by molar-refractivity contribution is -0.137. The Hall–Kier alpha value is -2.54. The first-order chi connectivity index (χ1) is 13.8. The topological polar surface area (TPSA) is 26.8 Å². The Bertz CT molecular complexity index is 891. The van der Waals surface area contributed by atoms with Crippen LogP contribution in [0.15, 0.2) is 48.5 Å². The molecule has 2 heterocycles. The number of fused-ring (bicyclic) bond motifs is 1. The van der Waals surface area contributed by atoms with Gasteiger partial charge in [0.15, 0.2) is 0 Å². The quantitative estimate of drug-likeness (QED) is 0.780. The number of carbonyl (C=O) groups is 1. The summed E-state index contributed by atoms with van der Waals surface area (Å²) in [6.45, 7) is 4.87. The molecule has 2 aromatic carbocycles. The van der Waals surface area contributed by atoms with Crippen LogP contribution in [0.1, 0.15) is 18.1 Å². The molecule has 1 amide bonds. The van der Waals surface area contributed by atoms with E-state index in [-0.39, 0.29) is 11.9 Å². The summed E-state index contributed by atoms with van der Waals surface area (Å²) in [4.78, 5) is 18.9. The predicted octanol–water partition coefficient (Wildman–Crippen LogP) is 3.81. The molecule has 2 aliphatic heterocycles. The lowest BCUT2D eigenvalue weighted by atomic mass is 10.1. The van der Waals surface area contributed by atoms with Crippen molar-refractivity contribution in [1.29, 1.82) is 0 Å². The van der Waals surface area contributed by atoms with Crippen molar-refractivity contribution in [3.05, 3.63) is 59.7 Å². The molecule has 7 heteroatoms. The Balaban J connectivity index is 1.37. The first kappa shape index (κ1) is 19.8. The van der Waals surface area contributed by atoms with E-state index in [0.29, 0.717) is 38.4 Å². The van der Waals surface area contributed by atoms with Crippen LogP contribution in [0.5, 0.6) is 0 Å². The lowest BCUT2D eigenvalue weighted by Crippen LogP contribution is -2.51. The van der Waals surface area contributed by atoms with Gasteiger partial charge in [-0.3, -0.25) is 9.69 Å². The zero-order chi connectivity index (χ0) is 20.6. The van der Waals surface area contributed by atoms with Crippen LogP contribution in [0.25, 0.3) is 0 Å². The Kier molecular flexibility index (Phi) is 5.25. The van der Waals surface area contributed by atoms with Crippen molar-refractivity contribution >= 4 is 17.3 Å². The lowest BCUT2D eigenvalue weighted by Gasteiger charge is -2.37. The minimum atomic E-state index is -4.34. The molecular weight excluding hydrogens is 379 g/mol. The Morgan fingerprint density at radius 1 is 1.03 bits per heavy atom. The molecule has 0 saturated carbocycles. The smallest absolute Gasteiger partial charge is 0.369 e. The number of alkyl halides is 3. The van der Waals surface area contributed by atoms with Crippen LogP contribution in [0.3, 0.4) is 0 Å².